The number of nitrogens with one attached hydrogen (secondary N) is 1. The highest BCUT2D eigenvalue weighted by Crippen LogP contribution is 2.37. The smallest absolute Gasteiger partial charge is 0.156 e. The lowest BCUT2D eigenvalue weighted by atomic mass is 10.2. The molecular weight excluding hydrogens is 328 g/mol. The lowest BCUT2D eigenvalue weighted by Crippen LogP contribution is -2.09. The van der Waals surface area contributed by atoms with Crippen LogP contribution in [-0.2, 0) is 0 Å². The second-order valence-corrected chi connectivity index (χ2v) is 5.38. The first kappa shape index (κ1) is 14.2. The molecule has 1 N–H and O–H groups in total. The number of rotatable bonds is 4. The third-order valence-electron chi connectivity index (χ3n) is 2.72. The van der Waals surface area contributed by atoms with Gasteiger partial charge in [-0.3, -0.25) is 4.98 Å². The molecule has 3 nitrogen and oxygen atoms in total. The van der Waals surface area contributed by atoms with E-state index >= 15 is 0 Å². The summed E-state index contributed by atoms with van der Waals surface area (Å²) >= 11 is 9.51. The molecule has 1 aromatic carbocycles. The van der Waals surface area contributed by atoms with Crippen molar-refractivity contribution < 1.29 is 4.74 Å². The zero-order valence-corrected chi connectivity index (χ0v) is 13.0. The number of nitrogens with zero attached hydrogens (tertiary/aromatic N) is 1. The maximum absolute atomic E-state index is 6.07. The van der Waals surface area contributed by atoms with E-state index in [0.717, 1.165) is 21.6 Å². The van der Waals surface area contributed by atoms with Crippen molar-refractivity contribution >= 4 is 33.2 Å². The molecule has 0 fully saturated rings. The highest BCUT2D eigenvalue weighted by Gasteiger charge is 2.13. The molecule has 0 saturated carbocycles. The predicted molar refractivity (Wildman–Crippen MR) is 82.0 cm³/mol. The molecule has 1 atom stereocenters. The number of aromatic nitrogens is 1. The van der Waals surface area contributed by atoms with Crippen LogP contribution in [0.2, 0.25) is 5.02 Å². The minimum Gasteiger partial charge on any atom is -0.493 e. The Morgan fingerprint density at radius 2 is 2.16 bits per heavy atom. The Balaban J connectivity index is 2.28. The summed E-state index contributed by atoms with van der Waals surface area (Å²) in [6.07, 6.45) is 1.78. The first-order valence-electron chi connectivity index (χ1n) is 5.82. The second kappa shape index (κ2) is 6.26. The maximum atomic E-state index is 6.07. The number of ether oxygens (including phenoxy) is 1. The summed E-state index contributed by atoms with van der Waals surface area (Å²) in [6.45, 7) is 2.04. The molecule has 0 aliphatic rings. The van der Waals surface area contributed by atoms with Crippen LogP contribution in [0.25, 0.3) is 0 Å². The SMILES string of the molecule is COc1c(Br)cc(Cl)cc1NC(C)c1ccccn1. The summed E-state index contributed by atoms with van der Waals surface area (Å²) in [4.78, 5) is 4.33. The van der Waals surface area contributed by atoms with Crippen molar-refractivity contribution in [2.45, 2.75) is 13.0 Å². The van der Waals surface area contributed by atoms with Crippen molar-refractivity contribution in [1.82, 2.24) is 4.98 Å². The molecule has 0 saturated heterocycles. The molecule has 0 amide bonds. The lowest BCUT2D eigenvalue weighted by Gasteiger charge is -2.18. The van der Waals surface area contributed by atoms with Crippen LogP contribution in [0.3, 0.4) is 0 Å². The molecule has 0 aliphatic heterocycles. The third-order valence-corrected chi connectivity index (χ3v) is 3.52. The van der Waals surface area contributed by atoms with Gasteiger partial charge in [-0.05, 0) is 47.1 Å². The van der Waals surface area contributed by atoms with Gasteiger partial charge in [0, 0.05) is 11.2 Å². The predicted octanol–water partition coefficient (Wildman–Crippen LogP) is 4.68. The average Bonchev–Trinajstić information content (AvgIpc) is 2.39. The number of pyridine rings is 1. The summed E-state index contributed by atoms with van der Waals surface area (Å²) in [6, 6.07) is 9.53. The number of halogens is 2. The maximum Gasteiger partial charge on any atom is 0.156 e. The highest BCUT2D eigenvalue weighted by molar-refractivity contribution is 9.10. The fourth-order valence-corrected chi connectivity index (χ4v) is 2.79. The highest BCUT2D eigenvalue weighted by atomic mass is 79.9. The number of anilines is 1. The average molecular weight is 342 g/mol. The standard InChI is InChI=1S/C14H14BrClN2O/c1-9(12-5-3-4-6-17-12)18-13-8-10(16)7-11(15)14(13)19-2/h3-9,18H,1-2H3. The van der Waals surface area contributed by atoms with Crippen LogP contribution in [0.1, 0.15) is 18.7 Å². The van der Waals surface area contributed by atoms with Crippen LogP contribution in [-0.4, -0.2) is 12.1 Å². The van der Waals surface area contributed by atoms with Gasteiger partial charge < -0.3 is 10.1 Å². The molecule has 0 bridgehead atoms. The molecule has 2 aromatic rings. The van der Waals surface area contributed by atoms with E-state index in [2.05, 4.69) is 26.2 Å². The Bertz CT molecular complexity index is 563. The fraction of sp³-hybridized carbons (Fsp3) is 0.214. The van der Waals surface area contributed by atoms with E-state index < -0.39 is 0 Å². The van der Waals surface area contributed by atoms with Gasteiger partial charge in [-0.15, -0.1) is 0 Å². The van der Waals surface area contributed by atoms with E-state index in [0.29, 0.717) is 5.02 Å². The van der Waals surface area contributed by atoms with Gasteiger partial charge in [0.2, 0.25) is 0 Å². The summed E-state index contributed by atoms with van der Waals surface area (Å²) in [5.41, 5.74) is 1.79. The Morgan fingerprint density at radius 1 is 1.37 bits per heavy atom. The van der Waals surface area contributed by atoms with Crippen molar-refractivity contribution in [2.24, 2.45) is 0 Å². The quantitative estimate of drug-likeness (QED) is 0.877. The van der Waals surface area contributed by atoms with Gasteiger partial charge in [0.15, 0.2) is 5.75 Å². The van der Waals surface area contributed by atoms with Crippen LogP contribution in [0.15, 0.2) is 41.0 Å². The number of hydrogen-bond acceptors (Lipinski definition) is 3. The zero-order valence-electron chi connectivity index (χ0n) is 10.7. The number of methoxy groups -OCH3 is 1. The summed E-state index contributed by atoms with van der Waals surface area (Å²) in [7, 11) is 1.63. The van der Waals surface area contributed by atoms with Gasteiger partial charge in [0.05, 0.1) is 29.0 Å². The van der Waals surface area contributed by atoms with E-state index in [9.17, 15) is 0 Å². The van der Waals surface area contributed by atoms with Gasteiger partial charge in [0.25, 0.3) is 0 Å². The third kappa shape index (κ3) is 3.39. The van der Waals surface area contributed by atoms with Crippen molar-refractivity contribution in [3.8, 4) is 5.75 Å². The normalized spacial score (nSPS) is 12.0. The summed E-state index contributed by atoms with van der Waals surface area (Å²) in [5.74, 6) is 0.729. The Morgan fingerprint density at radius 3 is 2.79 bits per heavy atom. The van der Waals surface area contributed by atoms with E-state index in [1.807, 2.05) is 31.2 Å². The molecule has 1 aromatic heterocycles. The van der Waals surface area contributed by atoms with Crippen molar-refractivity contribution in [1.29, 1.82) is 0 Å². The number of benzene rings is 1. The largest absolute Gasteiger partial charge is 0.493 e. The lowest BCUT2D eigenvalue weighted by molar-refractivity contribution is 0.413. The second-order valence-electron chi connectivity index (χ2n) is 4.09. The molecule has 19 heavy (non-hydrogen) atoms. The molecule has 0 radical (unpaired) electrons. The first-order chi connectivity index (χ1) is 9.11. The minimum atomic E-state index is 0.0560. The Labute approximate surface area is 126 Å². The monoisotopic (exact) mass is 340 g/mol. The molecule has 0 spiro atoms. The molecule has 2 rings (SSSR count). The Kier molecular flexibility index (Phi) is 4.66. The van der Waals surface area contributed by atoms with Crippen LogP contribution >= 0.6 is 27.5 Å². The minimum absolute atomic E-state index is 0.0560. The fourth-order valence-electron chi connectivity index (χ4n) is 1.81. The Hall–Kier alpha value is -1.26. The van der Waals surface area contributed by atoms with Crippen molar-refractivity contribution in [2.75, 3.05) is 12.4 Å². The van der Waals surface area contributed by atoms with E-state index in [1.54, 1.807) is 19.4 Å². The molecule has 100 valence electrons. The first-order valence-corrected chi connectivity index (χ1v) is 6.99. The molecule has 5 heteroatoms. The molecule has 1 unspecified atom stereocenters. The molecule has 1 heterocycles. The number of hydrogen-bond donors (Lipinski definition) is 1. The van der Waals surface area contributed by atoms with Gasteiger partial charge in [0.1, 0.15) is 0 Å². The van der Waals surface area contributed by atoms with E-state index in [4.69, 9.17) is 16.3 Å². The van der Waals surface area contributed by atoms with Gasteiger partial charge in [-0.25, -0.2) is 0 Å². The van der Waals surface area contributed by atoms with Crippen LogP contribution in [0.5, 0.6) is 5.75 Å². The van der Waals surface area contributed by atoms with E-state index in [1.165, 1.54) is 0 Å². The van der Waals surface area contributed by atoms with E-state index in [-0.39, 0.29) is 6.04 Å². The topological polar surface area (TPSA) is 34.1 Å². The van der Waals surface area contributed by atoms with Crippen molar-refractivity contribution in [3.63, 3.8) is 0 Å². The zero-order chi connectivity index (χ0) is 13.8. The van der Waals surface area contributed by atoms with Gasteiger partial charge >= 0.3 is 0 Å². The van der Waals surface area contributed by atoms with Gasteiger partial charge in [-0.1, -0.05) is 17.7 Å². The van der Waals surface area contributed by atoms with Crippen molar-refractivity contribution in [3.05, 3.63) is 51.7 Å². The molecule has 0 aliphatic carbocycles. The van der Waals surface area contributed by atoms with Crippen LogP contribution in [0, 0.1) is 0 Å². The summed E-state index contributed by atoms with van der Waals surface area (Å²) < 4.78 is 6.20. The molecular formula is C14H14BrClN2O. The van der Waals surface area contributed by atoms with Crippen LogP contribution in [0.4, 0.5) is 5.69 Å². The van der Waals surface area contributed by atoms with Gasteiger partial charge in [-0.2, -0.15) is 0 Å². The van der Waals surface area contributed by atoms with Crippen LogP contribution < -0.4 is 10.1 Å². The summed E-state index contributed by atoms with van der Waals surface area (Å²) in [5, 5.41) is 4.00.